The second-order valence-electron chi connectivity index (χ2n) is 3.90. The Hall–Kier alpha value is 0.0200. The normalized spacial score (nSPS) is 13.6. The predicted octanol–water partition coefficient (Wildman–Crippen LogP) is 3.43. The number of hydrogen-bond acceptors (Lipinski definition) is 2. The summed E-state index contributed by atoms with van der Waals surface area (Å²) in [5.41, 5.74) is 0. The van der Waals surface area contributed by atoms with Gasteiger partial charge in [0, 0.05) is 15.8 Å². The summed E-state index contributed by atoms with van der Waals surface area (Å²) in [6.07, 6.45) is 1.55. The number of alkyl halides is 1. The minimum Gasteiger partial charge on any atom is -0.211 e. The van der Waals surface area contributed by atoms with E-state index in [0.29, 0.717) is 22.3 Å². The number of hydrogen-bond donors (Lipinski definition) is 1. The van der Waals surface area contributed by atoms with Crippen LogP contribution in [0, 0.1) is 5.82 Å². The Morgan fingerprint density at radius 3 is 2.67 bits per heavy atom. The summed E-state index contributed by atoms with van der Waals surface area (Å²) in [6.45, 7) is 2.29. The van der Waals surface area contributed by atoms with E-state index in [9.17, 15) is 12.8 Å². The number of sulfonamides is 1. The first-order valence-corrected chi connectivity index (χ1v) is 8.61. The van der Waals surface area contributed by atoms with E-state index >= 15 is 0 Å². The van der Waals surface area contributed by atoms with Crippen LogP contribution in [0.2, 0.25) is 0 Å². The van der Waals surface area contributed by atoms with Crippen molar-refractivity contribution in [2.24, 2.45) is 0 Å². The molecule has 3 nitrogen and oxygen atoms in total. The van der Waals surface area contributed by atoms with Gasteiger partial charge in [0.25, 0.3) is 0 Å². The minimum absolute atomic E-state index is 0.299. The summed E-state index contributed by atoms with van der Waals surface area (Å²) in [7, 11) is -3.77. The third-order valence-corrected chi connectivity index (χ3v) is 4.70. The van der Waals surface area contributed by atoms with Crippen LogP contribution in [0.5, 0.6) is 0 Å². The standard InChI is InChI=1S/C11H14Br2FNO2S/c1-8(12)3-2-6-15-18(16,17)11-5-4-9(13)7-10(11)14/h4-5,7-8,15H,2-3,6H2,1H3. The van der Waals surface area contributed by atoms with Crippen molar-refractivity contribution < 1.29 is 12.8 Å². The van der Waals surface area contributed by atoms with Crippen LogP contribution in [0.4, 0.5) is 4.39 Å². The molecule has 18 heavy (non-hydrogen) atoms. The van der Waals surface area contributed by atoms with Crippen LogP contribution in [0.15, 0.2) is 27.6 Å². The molecule has 7 heteroatoms. The molecule has 1 aromatic carbocycles. The second-order valence-corrected chi connectivity index (χ2v) is 8.11. The van der Waals surface area contributed by atoms with Crippen LogP contribution >= 0.6 is 31.9 Å². The van der Waals surface area contributed by atoms with Gasteiger partial charge in [-0.3, -0.25) is 0 Å². The monoisotopic (exact) mass is 401 g/mol. The van der Waals surface area contributed by atoms with E-state index in [2.05, 4.69) is 36.6 Å². The van der Waals surface area contributed by atoms with Crippen molar-refractivity contribution in [3.63, 3.8) is 0 Å². The van der Waals surface area contributed by atoms with Crippen LogP contribution in [-0.4, -0.2) is 19.8 Å². The summed E-state index contributed by atoms with van der Waals surface area (Å²) in [5, 5.41) is 0. The van der Waals surface area contributed by atoms with Crippen LogP contribution in [0.3, 0.4) is 0 Å². The quantitative estimate of drug-likeness (QED) is 0.585. The van der Waals surface area contributed by atoms with E-state index < -0.39 is 15.8 Å². The van der Waals surface area contributed by atoms with Gasteiger partial charge < -0.3 is 0 Å². The zero-order valence-corrected chi connectivity index (χ0v) is 13.8. The minimum atomic E-state index is -3.77. The van der Waals surface area contributed by atoms with Crippen LogP contribution in [-0.2, 0) is 10.0 Å². The van der Waals surface area contributed by atoms with Crippen LogP contribution < -0.4 is 4.72 Å². The zero-order chi connectivity index (χ0) is 13.8. The highest BCUT2D eigenvalue weighted by molar-refractivity contribution is 9.10. The molecule has 0 heterocycles. The lowest BCUT2D eigenvalue weighted by molar-refractivity contribution is 0.554. The molecule has 0 aliphatic carbocycles. The number of halogens is 3. The van der Waals surface area contributed by atoms with Gasteiger partial charge in [0.05, 0.1) is 0 Å². The van der Waals surface area contributed by atoms with Crippen molar-refractivity contribution in [1.29, 1.82) is 0 Å². The molecule has 0 spiro atoms. The molecule has 0 fully saturated rings. The summed E-state index contributed by atoms with van der Waals surface area (Å²) in [5.74, 6) is -0.759. The van der Waals surface area contributed by atoms with Gasteiger partial charge >= 0.3 is 0 Å². The summed E-state index contributed by atoms with van der Waals surface area (Å²) in [6, 6.07) is 3.88. The van der Waals surface area contributed by atoms with Crippen molar-refractivity contribution in [3.8, 4) is 0 Å². The molecular formula is C11H14Br2FNO2S. The summed E-state index contributed by atoms with van der Waals surface area (Å²) in [4.78, 5) is 0.0176. The molecule has 1 unspecified atom stereocenters. The Bertz CT molecular complexity index is 506. The third kappa shape index (κ3) is 4.95. The molecule has 0 aromatic heterocycles. The van der Waals surface area contributed by atoms with Crippen molar-refractivity contribution in [3.05, 3.63) is 28.5 Å². The SMILES string of the molecule is CC(Br)CCCNS(=O)(=O)c1ccc(Br)cc1F. The maximum Gasteiger partial charge on any atom is 0.243 e. The molecule has 0 aliphatic heterocycles. The maximum absolute atomic E-state index is 13.5. The van der Waals surface area contributed by atoms with Crippen molar-refractivity contribution in [1.82, 2.24) is 4.72 Å². The molecule has 0 radical (unpaired) electrons. The fourth-order valence-corrected chi connectivity index (χ4v) is 3.15. The average Bonchev–Trinajstić information content (AvgIpc) is 2.23. The van der Waals surface area contributed by atoms with E-state index in [-0.39, 0.29) is 4.90 Å². The molecule has 1 aromatic rings. The van der Waals surface area contributed by atoms with E-state index in [1.807, 2.05) is 6.92 Å². The van der Waals surface area contributed by atoms with Crippen molar-refractivity contribution in [2.45, 2.75) is 29.5 Å². The molecule has 0 saturated carbocycles. The van der Waals surface area contributed by atoms with E-state index in [1.165, 1.54) is 12.1 Å². The summed E-state index contributed by atoms with van der Waals surface area (Å²) < 4.78 is 40.1. The Morgan fingerprint density at radius 1 is 1.44 bits per heavy atom. The molecule has 0 saturated heterocycles. The first-order valence-electron chi connectivity index (χ1n) is 5.41. The second kappa shape index (κ2) is 6.98. The highest BCUT2D eigenvalue weighted by atomic mass is 79.9. The lowest BCUT2D eigenvalue weighted by atomic mass is 10.2. The lowest BCUT2D eigenvalue weighted by Gasteiger charge is -2.08. The topological polar surface area (TPSA) is 46.2 Å². The third-order valence-electron chi connectivity index (χ3n) is 2.25. The van der Waals surface area contributed by atoms with Gasteiger partial charge in [0.15, 0.2) is 0 Å². The first-order chi connectivity index (χ1) is 8.33. The molecule has 102 valence electrons. The van der Waals surface area contributed by atoms with E-state index in [1.54, 1.807) is 0 Å². The highest BCUT2D eigenvalue weighted by Gasteiger charge is 2.18. The van der Waals surface area contributed by atoms with Crippen LogP contribution in [0.25, 0.3) is 0 Å². The van der Waals surface area contributed by atoms with Crippen LogP contribution in [0.1, 0.15) is 19.8 Å². The smallest absolute Gasteiger partial charge is 0.211 e. The molecule has 1 rings (SSSR count). The van der Waals surface area contributed by atoms with Gasteiger partial charge in [0.2, 0.25) is 10.0 Å². The molecular weight excluding hydrogens is 389 g/mol. The fourth-order valence-electron chi connectivity index (χ4n) is 1.36. The number of benzene rings is 1. The zero-order valence-electron chi connectivity index (χ0n) is 9.79. The molecule has 0 bridgehead atoms. The van der Waals surface area contributed by atoms with E-state index in [4.69, 9.17) is 0 Å². The summed E-state index contributed by atoms with van der Waals surface area (Å²) >= 11 is 6.46. The number of nitrogens with one attached hydrogen (secondary N) is 1. The molecule has 1 N–H and O–H groups in total. The Balaban J connectivity index is 2.69. The molecule has 0 aliphatic rings. The van der Waals surface area contributed by atoms with Gasteiger partial charge in [-0.05, 0) is 31.0 Å². The van der Waals surface area contributed by atoms with Crippen molar-refractivity contribution in [2.75, 3.05) is 6.54 Å². The van der Waals surface area contributed by atoms with Gasteiger partial charge in [-0.1, -0.05) is 38.8 Å². The van der Waals surface area contributed by atoms with Crippen molar-refractivity contribution >= 4 is 41.9 Å². The van der Waals surface area contributed by atoms with Gasteiger partial charge in [-0.2, -0.15) is 0 Å². The van der Waals surface area contributed by atoms with E-state index in [0.717, 1.165) is 12.5 Å². The largest absolute Gasteiger partial charge is 0.243 e. The molecule has 1 atom stereocenters. The van der Waals surface area contributed by atoms with Gasteiger partial charge in [-0.25, -0.2) is 17.5 Å². The Labute approximate surface area is 123 Å². The van der Waals surface area contributed by atoms with Gasteiger partial charge in [0.1, 0.15) is 10.7 Å². The lowest BCUT2D eigenvalue weighted by Crippen LogP contribution is -2.26. The highest BCUT2D eigenvalue weighted by Crippen LogP contribution is 2.19. The fraction of sp³-hybridized carbons (Fsp3) is 0.455. The van der Waals surface area contributed by atoms with Gasteiger partial charge in [-0.15, -0.1) is 0 Å². The first kappa shape index (κ1) is 16.1. The Morgan fingerprint density at radius 2 is 2.11 bits per heavy atom. The number of rotatable bonds is 6. The average molecular weight is 403 g/mol. The molecule has 0 amide bonds. The maximum atomic E-state index is 13.5. The predicted molar refractivity (Wildman–Crippen MR) is 76.9 cm³/mol. The Kier molecular flexibility index (Phi) is 6.23.